The molecule has 3 N–H and O–H groups in total. The summed E-state index contributed by atoms with van der Waals surface area (Å²) in [6.07, 6.45) is 3.07. The van der Waals surface area contributed by atoms with Gasteiger partial charge in [0.2, 0.25) is 5.91 Å². The van der Waals surface area contributed by atoms with Crippen LogP contribution in [0.1, 0.15) is 18.5 Å². The number of carboxylic acids is 1. The van der Waals surface area contributed by atoms with Crippen molar-refractivity contribution in [1.82, 2.24) is 9.88 Å². The number of likely N-dealkylation sites (tertiary alicyclic amines) is 1. The third-order valence-corrected chi connectivity index (χ3v) is 3.63. The summed E-state index contributed by atoms with van der Waals surface area (Å²) in [5.74, 6) is -1.25. The summed E-state index contributed by atoms with van der Waals surface area (Å²) < 4.78 is 0. The van der Waals surface area contributed by atoms with Gasteiger partial charge in [-0.1, -0.05) is 6.07 Å². The fourth-order valence-corrected chi connectivity index (χ4v) is 2.41. The van der Waals surface area contributed by atoms with Gasteiger partial charge in [-0.3, -0.25) is 14.6 Å². The summed E-state index contributed by atoms with van der Waals surface area (Å²) >= 11 is 0. The molecule has 1 aromatic rings. The molecule has 1 saturated heterocycles. The fraction of sp³-hybridized carbons (Fsp3) is 0.500. The summed E-state index contributed by atoms with van der Waals surface area (Å²) in [7, 11) is 0. The number of rotatable bonds is 4. The summed E-state index contributed by atoms with van der Waals surface area (Å²) in [6.45, 7) is 0.928. The molecule has 0 unspecified atom stereocenters. The van der Waals surface area contributed by atoms with Crippen molar-refractivity contribution >= 4 is 11.9 Å². The number of amides is 1. The molecule has 0 spiro atoms. The van der Waals surface area contributed by atoms with Gasteiger partial charge in [-0.15, -0.1) is 0 Å². The third kappa shape index (κ3) is 3.54. The van der Waals surface area contributed by atoms with Crippen LogP contribution in [0.3, 0.4) is 0 Å². The zero-order valence-electron chi connectivity index (χ0n) is 11.2. The molecule has 2 heterocycles. The molecule has 0 bridgehead atoms. The van der Waals surface area contributed by atoms with Crippen molar-refractivity contribution in [1.29, 1.82) is 0 Å². The molecule has 0 saturated carbocycles. The Morgan fingerprint density at radius 1 is 1.40 bits per heavy atom. The second-order valence-electron chi connectivity index (χ2n) is 5.07. The topological polar surface area (TPSA) is 96.5 Å². The number of carbonyl (C=O) groups is 2. The average Bonchev–Trinajstić information content (AvgIpc) is 2.47. The minimum atomic E-state index is -0.783. The van der Waals surface area contributed by atoms with Crippen LogP contribution in [0.25, 0.3) is 0 Å². The van der Waals surface area contributed by atoms with Gasteiger partial charge in [0, 0.05) is 31.4 Å². The Balaban J connectivity index is 1.87. The van der Waals surface area contributed by atoms with Crippen LogP contribution in [0, 0.1) is 5.92 Å². The molecule has 0 radical (unpaired) electrons. The van der Waals surface area contributed by atoms with Crippen molar-refractivity contribution < 1.29 is 14.7 Å². The van der Waals surface area contributed by atoms with E-state index in [1.165, 1.54) is 0 Å². The number of aromatic nitrogens is 1. The minimum Gasteiger partial charge on any atom is -0.481 e. The molecule has 108 valence electrons. The van der Waals surface area contributed by atoms with Crippen LogP contribution in [0.4, 0.5) is 0 Å². The van der Waals surface area contributed by atoms with E-state index in [4.69, 9.17) is 10.8 Å². The van der Waals surface area contributed by atoms with Crippen molar-refractivity contribution in [2.24, 2.45) is 11.7 Å². The van der Waals surface area contributed by atoms with E-state index < -0.39 is 12.0 Å². The van der Waals surface area contributed by atoms with Crippen LogP contribution in [0.15, 0.2) is 24.4 Å². The molecule has 1 aliphatic rings. The normalized spacial score (nSPS) is 17.8. The van der Waals surface area contributed by atoms with Crippen LogP contribution < -0.4 is 5.73 Å². The van der Waals surface area contributed by atoms with Crippen molar-refractivity contribution in [2.75, 3.05) is 13.1 Å². The first-order valence-electron chi connectivity index (χ1n) is 6.75. The number of hydrogen-bond donors (Lipinski definition) is 2. The number of hydrogen-bond acceptors (Lipinski definition) is 4. The lowest BCUT2D eigenvalue weighted by atomic mass is 9.96. The Kier molecular flexibility index (Phi) is 4.68. The Labute approximate surface area is 117 Å². The van der Waals surface area contributed by atoms with Gasteiger partial charge in [0.15, 0.2) is 0 Å². The molecule has 1 aliphatic heterocycles. The quantitative estimate of drug-likeness (QED) is 0.823. The van der Waals surface area contributed by atoms with Crippen molar-refractivity contribution in [2.45, 2.75) is 25.3 Å². The molecule has 2 rings (SSSR count). The highest BCUT2D eigenvalue weighted by Crippen LogP contribution is 2.18. The largest absolute Gasteiger partial charge is 0.481 e. The smallest absolute Gasteiger partial charge is 0.306 e. The predicted molar refractivity (Wildman–Crippen MR) is 72.9 cm³/mol. The second kappa shape index (κ2) is 6.47. The lowest BCUT2D eigenvalue weighted by Crippen LogP contribution is -2.48. The van der Waals surface area contributed by atoms with Gasteiger partial charge in [0.05, 0.1) is 12.0 Å². The Hall–Kier alpha value is -1.95. The van der Waals surface area contributed by atoms with Gasteiger partial charge < -0.3 is 15.7 Å². The first-order valence-corrected chi connectivity index (χ1v) is 6.75. The molecular formula is C14H19N3O3. The average molecular weight is 277 g/mol. The van der Waals surface area contributed by atoms with Gasteiger partial charge in [-0.2, -0.15) is 0 Å². The molecule has 1 atom stereocenters. The van der Waals surface area contributed by atoms with Crippen LogP contribution in [0.5, 0.6) is 0 Å². The lowest BCUT2D eigenvalue weighted by Gasteiger charge is -2.31. The number of nitrogens with zero attached hydrogens (tertiary/aromatic N) is 2. The number of pyridine rings is 1. The molecular weight excluding hydrogens is 258 g/mol. The highest BCUT2D eigenvalue weighted by molar-refractivity contribution is 5.82. The molecule has 0 aromatic carbocycles. The van der Waals surface area contributed by atoms with Crippen molar-refractivity contribution in [3.05, 3.63) is 30.1 Å². The van der Waals surface area contributed by atoms with Crippen LogP contribution in [-0.4, -0.2) is 46.0 Å². The monoisotopic (exact) mass is 277 g/mol. The van der Waals surface area contributed by atoms with Gasteiger partial charge >= 0.3 is 5.97 Å². The summed E-state index contributed by atoms with van der Waals surface area (Å²) in [5.41, 5.74) is 6.71. The number of carbonyl (C=O) groups excluding carboxylic acids is 1. The maximum Gasteiger partial charge on any atom is 0.306 e. The maximum atomic E-state index is 12.2. The zero-order valence-corrected chi connectivity index (χ0v) is 11.2. The summed E-state index contributed by atoms with van der Waals surface area (Å²) in [5, 5.41) is 8.93. The van der Waals surface area contributed by atoms with Gasteiger partial charge in [-0.05, 0) is 25.0 Å². The van der Waals surface area contributed by atoms with E-state index in [9.17, 15) is 9.59 Å². The van der Waals surface area contributed by atoms with Gasteiger partial charge in [0.25, 0.3) is 0 Å². The SMILES string of the molecule is N[C@@H](Cc1ccccn1)C(=O)N1CCC(C(=O)O)CC1. The van der Waals surface area contributed by atoms with Crippen LogP contribution in [-0.2, 0) is 16.0 Å². The maximum absolute atomic E-state index is 12.2. The van der Waals surface area contributed by atoms with Crippen LogP contribution >= 0.6 is 0 Å². The molecule has 0 aliphatic carbocycles. The first kappa shape index (κ1) is 14.5. The number of aliphatic carboxylic acids is 1. The number of piperidine rings is 1. The van der Waals surface area contributed by atoms with Gasteiger partial charge in [-0.25, -0.2) is 0 Å². The van der Waals surface area contributed by atoms with Crippen molar-refractivity contribution in [3.63, 3.8) is 0 Å². The van der Waals surface area contributed by atoms with E-state index in [1.54, 1.807) is 11.1 Å². The summed E-state index contributed by atoms with van der Waals surface area (Å²) in [4.78, 5) is 28.9. The minimum absolute atomic E-state index is 0.125. The number of nitrogens with two attached hydrogens (primary N) is 1. The highest BCUT2D eigenvalue weighted by atomic mass is 16.4. The predicted octanol–water partition coefficient (Wildman–Crippen LogP) is 0.275. The van der Waals surface area contributed by atoms with E-state index >= 15 is 0 Å². The molecule has 1 aromatic heterocycles. The molecule has 1 amide bonds. The fourth-order valence-electron chi connectivity index (χ4n) is 2.41. The van der Waals surface area contributed by atoms with Gasteiger partial charge in [0.1, 0.15) is 0 Å². The lowest BCUT2D eigenvalue weighted by molar-refractivity contribution is -0.146. The highest BCUT2D eigenvalue weighted by Gasteiger charge is 2.29. The van der Waals surface area contributed by atoms with Crippen LogP contribution in [0.2, 0.25) is 0 Å². The first-order chi connectivity index (χ1) is 9.58. The molecule has 6 nitrogen and oxygen atoms in total. The van der Waals surface area contributed by atoms with Crippen molar-refractivity contribution in [3.8, 4) is 0 Å². The zero-order chi connectivity index (χ0) is 14.5. The van der Waals surface area contributed by atoms with E-state index in [-0.39, 0.29) is 11.8 Å². The standard InChI is InChI=1S/C14H19N3O3/c15-12(9-11-3-1-2-6-16-11)13(18)17-7-4-10(5-8-17)14(19)20/h1-3,6,10,12H,4-5,7-9,15H2,(H,19,20)/t12-/m0/s1. The summed E-state index contributed by atoms with van der Waals surface area (Å²) in [6, 6.07) is 4.89. The number of carboxylic acid groups (broad SMARTS) is 1. The molecule has 1 fully saturated rings. The van der Waals surface area contributed by atoms with E-state index in [2.05, 4.69) is 4.98 Å². The third-order valence-electron chi connectivity index (χ3n) is 3.63. The Morgan fingerprint density at radius 3 is 2.65 bits per heavy atom. The molecule has 20 heavy (non-hydrogen) atoms. The van der Waals surface area contributed by atoms with E-state index in [1.807, 2.05) is 18.2 Å². The Bertz CT molecular complexity index is 470. The second-order valence-corrected chi connectivity index (χ2v) is 5.07. The Morgan fingerprint density at radius 2 is 2.10 bits per heavy atom. The van der Waals surface area contributed by atoms with E-state index in [0.717, 1.165) is 5.69 Å². The molecule has 6 heteroatoms. The van der Waals surface area contributed by atoms with E-state index in [0.29, 0.717) is 32.4 Å².